The van der Waals surface area contributed by atoms with Crippen LogP contribution in [-0.2, 0) is 4.79 Å². The quantitative estimate of drug-likeness (QED) is 0.471. The average molecular weight is 181 g/mol. The third-order valence-corrected chi connectivity index (χ3v) is 2.46. The molecule has 1 rings (SSSR count). The first-order valence-corrected chi connectivity index (χ1v) is 5.23. The summed E-state index contributed by atoms with van der Waals surface area (Å²) in [7, 11) is 0. The summed E-state index contributed by atoms with van der Waals surface area (Å²) >= 11 is 0. The Balaban J connectivity index is 2.02. The first-order chi connectivity index (χ1) is 6.34. The van der Waals surface area contributed by atoms with E-state index in [9.17, 15) is 4.79 Å². The van der Waals surface area contributed by atoms with Gasteiger partial charge in [0.25, 0.3) is 0 Å². The minimum atomic E-state index is 0.353. The first-order valence-electron chi connectivity index (χ1n) is 5.23. The predicted octanol–water partition coefficient (Wildman–Crippen LogP) is 2.36. The lowest BCUT2D eigenvalue weighted by atomic mass is 10.2. The standard InChI is InChI=1S/C11H19NO/c1-2-3-4-5-6-9-12-10-7-8-11(12)13/h2-3H,4-10H2,1H3. The number of carbonyl (C=O) groups is 1. The van der Waals surface area contributed by atoms with E-state index < -0.39 is 0 Å². The van der Waals surface area contributed by atoms with E-state index in [4.69, 9.17) is 0 Å². The SMILES string of the molecule is CC=CCCCCN1CCCC1=O. The van der Waals surface area contributed by atoms with Crippen LogP contribution in [0, 0.1) is 0 Å². The van der Waals surface area contributed by atoms with Crippen molar-refractivity contribution >= 4 is 5.91 Å². The molecular formula is C11H19NO. The Morgan fingerprint density at radius 2 is 2.31 bits per heavy atom. The van der Waals surface area contributed by atoms with Crippen molar-refractivity contribution in [2.24, 2.45) is 0 Å². The van der Waals surface area contributed by atoms with E-state index in [1.54, 1.807) is 0 Å². The van der Waals surface area contributed by atoms with Gasteiger partial charge in [-0.15, -0.1) is 0 Å². The third-order valence-electron chi connectivity index (χ3n) is 2.46. The molecule has 0 aliphatic carbocycles. The molecule has 1 fully saturated rings. The Morgan fingerprint density at radius 3 is 2.92 bits per heavy atom. The molecule has 0 saturated carbocycles. The fraction of sp³-hybridized carbons (Fsp3) is 0.727. The molecule has 0 aromatic carbocycles. The monoisotopic (exact) mass is 181 g/mol. The molecule has 2 heteroatoms. The number of hydrogen-bond donors (Lipinski definition) is 0. The van der Waals surface area contributed by atoms with Gasteiger partial charge in [-0.3, -0.25) is 4.79 Å². The fourth-order valence-electron chi connectivity index (χ4n) is 1.67. The van der Waals surface area contributed by atoms with Crippen molar-refractivity contribution in [2.45, 2.75) is 39.0 Å². The van der Waals surface area contributed by atoms with Crippen LogP contribution in [0.5, 0.6) is 0 Å². The van der Waals surface area contributed by atoms with Crippen LogP contribution in [0.15, 0.2) is 12.2 Å². The lowest BCUT2D eigenvalue weighted by Gasteiger charge is -2.14. The van der Waals surface area contributed by atoms with Gasteiger partial charge in [0, 0.05) is 19.5 Å². The van der Waals surface area contributed by atoms with Crippen molar-refractivity contribution in [1.29, 1.82) is 0 Å². The summed E-state index contributed by atoms with van der Waals surface area (Å²) in [4.78, 5) is 13.2. The molecule has 0 aromatic heterocycles. The fourth-order valence-corrected chi connectivity index (χ4v) is 1.67. The zero-order valence-corrected chi connectivity index (χ0v) is 8.46. The van der Waals surface area contributed by atoms with Crippen LogP contribution in [0.4, 0.5) is 0 Å². The number of rotatable bonds is 5. The summed E-state index contributed by atoms with van der Waals surface area (Å²) in [6.45, 7) is 4.00. The summed E-state index contributed by atoms with van der Waals surface area (Å²) in [5, 5.41) is 0. The van der Waals surface area contributed by atoms with E-state index in [1.165, 1.54) is 6.42 Å². The largest absolute Gasteiger partial charge is 0.343 e. The Morgan fingerprint density at radius 1 is 1.46 bits per heavy atom. The van der Waals surface area contributed by atoms with Crippen LogP contribution in [0.2, 0.25) is 0 Å². The third kappa shape index (κ3) is 3.62. The van der Waals surface area contributed by atoms with Gasteiger partial charge in [0.05, 0.1) is 0 Å². The van der Waals surface area contributed by atoms with Crippen LogP contribution in [0.3, 0.4) is 0 Å². The molecule has 1 aliphatic heterocycles. The van der Waals surface area contributed by atoms with Gasteiger partial charge in [0.2, 0.25) is 5.91 Å². The summed E-state index contributed by atoms with van der Waals surface area (Å²) in [6, 6.07) is 0. The second-order valence-electron chi connectivity index (χ2n) is 3.55. The highest BCUT2D eigenvalue weighted by Crippen LogP contribution is 2.10. The second-order valence-corrected chi connectivity index (χ2v) is 3.55. The predicted molar refractivity (Wildman–Crippen MR) is 54.5 cm³/mol. The lowest BCUT2D eigenvalue weighted by molar-refractivity contribution is -0.127. The number of hydrogen-bond acceptors (Lipinski definition) is 1. The highest BCUT2D eigenvalue weighted by atomic mass is 16.2. The summed E-state index contributed by atoms with van der Waals surface area (Å²) in [5.74, 6) is 0.353. The van der Waals surface area contributed by atoms with Gasteiger partial charge >= 0.3 is 0 Å². The molecule has 1 aliphatic rings. The van der Waals surface area contributed by atoms with Crippen LogP contribution in [0.1, 0.15) is 39.0 Å². The Kier molecular flexibility index (Phi) is 4.58. The zero-order chi connectivity index (χ0) is 9.52. The number of amides is 1. The van der Waals surface area contributed by atoms with E-state index in [1.807, 2.05) is 11.8 Å². The highest BCUT2D eigenvalue weighted by molar-refractivity contribution is 5.77. The summed E-state index contributed by atoms with van der Waals surface area (Å²) in [5.41, 5.74) is 0. The molecule has 1 heterocycles. The Hall–Kier alpha value is -0.790. The van der Waals surface area contributed by atoms with Gasteiger partial charge in [0.15, 0.2) is 0 Å². The van der Waals surface area contributed by atoms with Gasteiger partial charge in [-0.2, -0.15) is 0 Å². The van der Waals surface area contributed by atoms with E-state index in [0.29, 0.717) is 5.91 Å². The Labute approximate surface area is 80.6 Å². The number of likely N-dealkylation sites (tertiary alicyclic amines) is 1. The van der Waals surface area contributed by atoms with Crippen molar-refractivity contribution in [2.75, 3.05) is 13.1 Å². The van der Waals surface area contributed by atoms with Crippen molar-refractivity contribution in [3.8, 4) is 0 Å². The molecule has 13 heavy (non-hydrogen) atoms. The molecule has 0 spiro atoms. The zero-order valence-electron chi connectivity index (χ0n) is 8.46. The van der Waals surface area contributed by atoms with Crippen LogP contribution < -0.4 is 0 Å². The summed E-state index contributed by atoms with van der Waals surface area (Å²) in [6.07, 6.45) is 9.61. The summed E-state index contributed by atoms with van der Waals surface area (Å²) < 4.78 is 0. The van der Waals surface area contributed by atoms with Gasteiger partial charge < -0.3 is 4.90 Å². The van der Waals surface area contributed by atoms with Crippen molar-refractivity contribution in [1.82, 2.24) is 4.90 Å². The lowest BCUT2D eigenvalue weighted by Crippen LogP contribution is -2.25. The number of nitrogens with zero attached hydrogens (tertiary/aromatic N) is 1. The minimum Gasteiger partial charge on any atom is -0.343 e. The molecule has 1 amide bonds. The topological polar surface area (TPSA) is 20.3 Å². The van der Waals surface area contributed by atoms with Crippen molar-refractivity contribution in [3.05, 3.63) is 12.2 Å². The molecule has 0 N–H and O–H groups in total. The van der Waals surface area contributed by atoms with Crippen LogP contribution >= 0.6 is 0 Å². The normalized spacial score (nSPS) is 17.6. The van der Waals surface area contributed by atoms with Crippen molar-refractivity contribution < 1.29 is 4.79 Å². The highest BCUT2D eigenvalue weighted by Gasteiger charge is 2.18. The minimum absolute atomic E-state index is 0.353. The van der Waals surface area contributed by atoms with Gasteiger partial charge in [0.1, 0.15) is 0 Å². The maximum atomic E-state index is 11.2. The smallest absolute Gasteiger partial charge is 0.222 e. The van der Waals surface area contributed by atoms with Gasteiger partial charge in [-0.05, 0) is 32.6 Å². The van der Waals surface area contributed by atoms with Gasteiger partial charge in [-0.1, -0.05) is 12.2 Å². The molecule has 0 bridgehead atoms. The molecule has 74 valence electrons. The maximum Gasteiger partial charge on any atom is 0.222 e. The molecule has 0 atom stereocenters. The van der Waals surface area contributed by atoms with Crippen LogP contribution in [-0.4, -0.2) is 23.9 Å². The molecule has 1 saturated heterocycles. The number of unbranched alkanes of at least 4 members (excludes halogenated alkanes) is 2. The molecule has 0 aromatic rings. The number of allylic oxidation sites excluding steroid dienone is 2. The second kappa shape index (κ2) is 5.79. The van der Waals surface area contributed by atoms with E-state index in [2.05, 4.69) is 12.2 Å². The molecular weight excluding hydrogens is 162 g/mol. The molecule has 0 unspecified atom stereocenters. The average Bonchev–Trinajstić information content (AvgIpc) is 2.52. The molecule has 2 nitrogen and oxygen atoms in total. The van der Waals surface area contributed by atoms with E-state index >= 15 is 0 Å². The van der Waals surface area contributed by atoms with Crippen molar-refractivity contribution in [3.63, 3.8) is 0 Å². The first kappa shape index (κ1) is 10.3. The van der Waals surface area contributed by atoms with Gasteiger partial charge in [-0.25, -0.2) is 0 Å². The van der Waals surface area contributed by atoms with E-state index in [-0.39, 0.29) is 0 Å². The van der Waals surface area contributed by atoms with E-state index in [0.717, 1.165) is 38.8 Å². The Bertz CT molecular complexity index is 187. The number of carbonyl (C=O) groups excluding carboxylic acids is 1. The maximum absolute atomic E-state index is 11.2. The van der Waals surface area contributed by atoms with Crippen LogP contribution in [0.25, 0.3) is 0 Å². The molecule has 0 radical (unpaired) electrons.